The fourth-order valence-electron chi connectivity index (χ4n) is 4.88. The van der Waals surface area contributed by atoms with Crippen molar-refractivity contribution in [3.63, 3.8) is 0 Å². The lowest BCUT2D eigenvalue weighted by Gasteiger charge is -2.41. The van der Waals surface area contributed by atoms with Gasteiger partial charge in [-0.15, -0.1) is 0 Å². The summed E-state index contributed by atoms with van der Waals surface area (Å²) in [7, 11) is 0.681. The van der Waals surface area contributed by atoms with Crippen LogP contribution in [0.4, 0.5) is 0 Å². The van der Waals surface area contributed by atoms with Gasteiger partial charge >= 0.3 is 7.62 Å². The predicted octanol–water partition coefficient (Wildman–Crippen LogP) is 4.05. The Bertz CT molecular complexity index is 613. The van der Waals surface area contributed by atoms with Gasteiger partial charge in [-0.05, 0) is 29.9 Å². The third-order valence-electron chi connectivity index (χ3n) is 6.04. The molecule has 1 heterocycles. The molecule has 2 aromatic carbocycles. The summed E-state index contributed by atoms with van der Waals surface area (Å²) >= 11 is 0. The van der Waals surface area contributed by atoms with Crippen molar-refractivity contribution >= 4 is 7.62 Å². The molecule has 2 aromatic rings. The van der Waals surface area contributed by atoms with Crippen LogP contribution in [0.1, 0.15) is 43.2 Å². The zero-order valence-electron chi connectivity index (χ0n) is 15.0. The van der Waals surface area contributed by atoms with Crippen molar-refractivity contribution < 1.29 is 4.65 Å². The van der Waals surface area contributed by atoms with Crippen molar-refractivity contribution in [2.24, 2.45) is 5.92 Å². The van der Waals surface area contributed by atoms with Gasteiger partial charge in [0.1, 0.15) is 0 Å². The van der Waals surface area contributed by atoms with Gasteiger partial charge in [-0.1, -0.05) is 79.9 Å². The average molecular weight is 333 g/mol. The molecule has 1 aliphatic carbocycles. The molecule has 0 spiro atoms. The van der Waals surface area contributed by atoms with E-state index in [1.54, 1.807) is 0 Å². The molecular formula is C22H28BNO. The van der Waals surface area contributed by atoms with Gasteiger partial charge in [0.15, 0.2) is 0 Å². The summed E-state index contributed by atoms with van der Waals surface area (Å²) in [5.74, 6) is 0.740. The van der Waals surface area contributed by atoms with E-state index < -0.39 is 0 Å². The Balaban J connectivity index is 1.64. The number of hydrogen-bond donors (Lipinski definition) is 1. The van der Waals surface area contributed by atoms with E-state index in [0.717, 1.165) is 18.8 Å². The Morgan fingerprint density at radius 1 is 0.840 bits per heavy atom. The van der Waals surface area contributed by atoms with E-state index >= 15 is 0 Å². The smallest absolute Gasteiger partial charge is 0.361 e. The van der Waals surface area contributed by atoms with E-state index in [-0.39, 0.29) is 5.60 Å². The van der Waals surface area contributed by atoms with Crippen LogP contribution >= 0.6 is 0 Å². The first-order valence-electron chi connectivity index (χ1n) is 9.81. The molecular weight excluding hydrogens is 305 g/mol. The van der Waals surface area contributed by atoms with Crippen molar-refractivity contribution in [2.75, 3.05) is 0 Å². The lowest BCUT2D eigenvalue weighted by atomic mass is 9.72. The standard InChI is InChI=1S/C22H28BNO/c1-4-10-18(11-5-1)16-22(17-19-12-6-2-7-13-19)21(24-23-25-22)20-14-8-3-9-15-20/h1-2,4-7,10-13,20-21,23-24H,3,8-9,14-17H2/t21-/m1/s1. The lowest BCUT2D eigenvalue weighted by molar-refractivity contribution is 0.0437. The van der Waals surface area contributed by atoms with Crippen LogP contribution in [0, 0.1) is 5.92 Å². The molecule has 2 nitrogen and oxygen atoms in total. The summed E-state index contributed by atoms with van der Waals surface area (Å²) in [6, 6.07) is 22.2. The van der Waals surface area contributed by atoms with Crippen molar-refractivity contribution in [1.82, 2.24) is 5.23 Å². The summed E-state index contributed by atoms with van der Waals surface area (Å²) in [4.78, 5) is 0. The Morgan fingerprint density at radius 2 is 1.40 bits per heavy atom. The number of benzene rings is 2. The zero-order chi connectivity index (χ0) is 17.0. The first-order valence-corrected chi connectivity index (χ1v) is 9.81. The molecule has 4 rings (SSSR count). The molecule has 2 fully saturated rings. The van der Waals surface area contributed by atoms with Crippen molar-refractivity contribution in [2.45, 2.75) is 56.6 Å². The van der Waals surface area contributed by atoms with E-state index in [1.165, 1.54) is 43.2 Å². The summed E-state index contributed by atoms with van der Waals surface area (Å²) in [6.07, 6.45) is 8.78. The van der Waals surface area contributed by atoms with Crippen LogP contribution in [0.25, 0.3) is 0 Å². The molecule has 25 heavy (non-hydrogen) atoms. The Labute approximate surface area is 152 Å². The monoisotopic (exact) mass is 333 g/mol. The number of nitrogens with one attached hydrogen (secondary N) is 1. The highest BCUT2D eigenvalue weighted by molar-refractivity contribution is 6.25. The quantitative estimate of drug-likeness (QED) is 0.834. The van der Waals surface area contributed by atoms with Crippen LogP contribution < -0.4 is 5.23 Å². The Hall–Kier alpha value is -1.58. The van der Waals surface area contributed by atoms with Gasteiger partial charge < -0.3 is 9.88 Å². The molecule has 1 saturated carbocycles. The van der Waals surface area contributed by atoms with Gasteiger partial charge in [-0.2, -0.15) is 0 Å². The van der Waals surface area contributed by atoms with Crippen LogP contribution in [0.2, 0.25) is 0 Å². The molecule has 1 N–H and O–H groups in total. The Morgan fingerprint density at radius 3 is 1.96 bits per heavy atom. The second-order valence-electron chi connectivity index (χ2n) is 7.76. The van der Waals surface area contributed by atoms with Crippen molar-refractivity contribution in [3.8, 4) is 0 Å². The maximum atomic E-state index is 6.50. The summed E-state index contributed by atoms with van der Waals surface area (Å²) in [5.41, 5.74) is 2.62. The highest BCUT2D eigenvalue weighted by Gasteiger charge is 2.47. The topological polar surface area (TPSA) is 21.3 Å². The lowest BCUT2D eigenvalue weighted by Crippen LogP contribution is -2.52. The zero-order valence-corrected chi connectivity index (χ0v) is 15.0. The van der Waals surface area contributed by atoms with Crippen LogP contribution in [0.5, 0.6) is 0 Å². The molecule has 0 amide bonds. The molecule has 0 bridgehead atoms. The van der Waals surface area contributed by atoms with Crippen LogP contribution in [0.15, 0.2) is 60.7 Å². The number of rotatable bonds is 5. The minimum atomic E-state index is -0.134. The van der Waals surface area contributed by atoms with Crippen LogP contribution in [-0.4, -0.2) is 19.3 Å². The first kappa shape index (κ1) is 16.9. The minimum Gasteiger partial charge on any atom is -0.416 e. The van der Waals surface area contributed by atoms with Crippen molar-refractivity contribution in [1.29, 1.82) is 0 Å². The van der Waals surface area contributed by atoms with Gasteiger partial charge in [0.2, 0.25) is 0 Å². The fourth-order valence-corrected chi connectivity index (χ4v) is 4.88. The normalized spacial score (nSPS) is 23.3. The predicted molar refractivity (Wildman–Crippen MR) is 105 cm³/mol. The largest absolute Gasteiger partial charge is 0.416 e. The fraction of sp³-hybridized carbons (Fsp3) is 0.455. The average Bonchev–Trinajstić information content (AvgIpc) is 3.07. The second-order valence-corrected chi connectivity index (χ2v) is 7.76. The van der Waals surface area contributed by atoms with E-state index in [0.29, 0.717) is 13.7 Å². The Kier molecular flexibility index (Phi) is 5.24. The molecule has 1 saturated heterocycles. The van der Waals surface area contributed by atoms with Gasteiger partial charge in [0, 0.05) is 18.9 Å². The van der Waals surface area contributed by atoms with Crippen molar-refractivity contribution in [3.05, 3.63) is 71.8 Å². The van der Waals surface area contributed by atoms with Gasteiger partial charge in [0.05, 0.1) is 5.60 Å². The third kappa shape index (κ3) is 3.83. The third-order valence-corrected chi connectivity index (χ3v) is 6.04. The molecule has 0 radical (unpaired) electrons. The molecule has 1 atom stereocenters. The van der Waals surface area contributed by atoms with E-state index in [1.807, 2.05) is 0 Å². The number of hydrogen-bond acceptors (Lipinski definition) is 2. The minimum absolute atomic E-state index is 0.134. The SMILES string of the molecule is B1N[C@H](C2CCCCC2)C(Cc2ccccc2)(Cc2ccccc2)O1. The van der Waals surface area contributed by atoms with E-state index in [2.05, 4.69) is 65.9 Å². The summed E-state index contributed by atoms with van der Waals surface area (Å²) in [6.45, 7) is 0. The van der Waals surface area contributed by atoms with Gasteiger partial charge in [-0.25, -0.2) is 0 Å². The van der Waals surface area contributed by atoms with E-state index in [4.69, 9.17) is 4.65 Å². The molecule has 130 valence electrons. The molecule has 1 aliphatic heterocycles. The van der Waals surface area contributed by atoms with E-state index in [9.17, 15) is 0 Å². The van der Waals surface area contributed by atoms with Gasteiger partial charge in [-0.3, -0.25) is 0 Å². The molecule has 3 heteroatoms. The van der Waals surface area contributed by atoms with Gasteiger partial charge in [0.25, 0.3) is 0 Å². The maximum absolute atomic E-state index is 6.50. The molecule has 0 aromatic heterocycles. The summed E-state index contributed by atoms with van der Waals surface area (Å²) < 4.78 is 6.50. The maximum Gasteiger partial charge on any atom is 0.361 e. The highest BCUT2D eigenvalue weighted by Crippen LogP contribution is 2.38. The van der Waals surface area contributed by atoms with Crippen LogP contribution in [0.3, 0.4) is 0 Å². The highest BCUT2D eigenvalue weighted by atomic mass is 16.5. The second kappa shape index (κ2) is 7.76. The van der Waals surface area contributed by atoms with Crippen LogP contribution in [-0.2, 0) is 17.5 Å². The molecule has 2 aliphatic rings. The first-order chi connectivity index (χ1) is 12.4. The summed E-state index contributed by atoms with van der Waals surface area (Å²) in [5, 5.41) is 3.74. The molecule has 0 unspecified atom stereocenters.